The number of imide groups is 1. The third kappa shape index (κ3) is 3.52. The molecule has 0 saturated carbocycles. The molecule has 1 aromatic heterocycles. The highest BCUT2D eigenvalue weighted by molar-refractivity contribution is 6.19. The molecule has 1 fully saturated rings. The number of piperidine rings is 1. The van der Waals surface area contributed by atoms with E-state index in [0.29, 0.717) is 18.8 Å². The fourth-order valence-corrected chi connectivity index (χ4v) is 2.77. The number of amides is 3. The molecule has 0 atom stereocenters. The minimum atomic E-state index is -0.727. The molecular formula is C17H17N3O5. The first-order valence-corrected chi connectivity index (χ1v) is 8.00. The second-order valence-corrected chi connectivity index (χ2v) is 5.70. The first-order valence-electron chi connectivity index (χ1n) is 8.00. The van der Waals surface area contributed by atoms with Gasteiger partial charge in [0.15, 0.2) is 5.76 Å². The number of likely N-dealkylation sites (tertiary alicyclic amines) is 1. The first-order chi connectivity index (χ1) is 12.1. The summed E-state index contributed by atoms with van der Waals surface area (Å²) in [6.07, 6.45) is 2.82. The lowest BCUT2D eigenvalue weighted by atomic mass is 10.1. The van der Waals surface area contributed by atoms with E-state index in [1.807, 2.05) is 0 Å². The number of furan rings is 1. The van der Waals surface area contributed by atoms with Crippen molar-refractivity contribution in [1.82, 2.24) is 4.90 Å². The second kappa shape index (κ2) is 7.16. The fraction of sp³-hybridized carbons (Fsp3) is 0.294. The summed E-state index contributed by atoms with van der Waals surface area (Å²) in [5, 5.41) is 10.8. The maximum atomic E-state index is 12.9. The van der Waals surface area contributed by atoms with Crippen LogP contribution in [0.15, 0.2) is 46.9 Å². The van der Waals surface area contributed by atoms with Crippen molar-refractivity contribution in [3.05, 3.63) is 58.3 Å². The molecule has 1 aromatic carbocycles. The van der Waals surface area contributed by atoms with E-state index in [4.69, 9.17) is 4.42 Å². The highest BCUT2D eigenvalue weighted by atomic mass is 16.6. The van der Waals surface area contributed by atoms with Gasteiger partial charge >= 0.3 is 17.8 Å². The van der Waals surface area contributed by atoms with Crippen molar-refractivity contribution in [2.45, 2.75) is 19.3 Å². The van der Waals surface area contributed by atoms with Crippen molar-refractivity contribution in [1.29, 1.82) is 0 Å². The van der Waals surface area contributed by atoms with Crippen LogP contribution in [0.1, 0.15) is 29.8 Å². The Morgan fingerprint density at radius 2 is 1.72 bits per heavy atom. The van der Waals surface area contributed by atoms with Gasteiger partial charge in [0.2, 0.25) is 0 Å². The average Bonchev–Trinajstić information content (AvgIpc) is 3.14. The number of rotatable bonds is 3. The third-order valence-electron chi connectivity index (χ3n) is 4.02. The van der Waals surface area contributed by atoms with Gasteiger partial charge in [-0.2, -0.15) is 0 Å². The van der Waals surface area contributed by atoms with Crippen LogP contribution >= 0.6 is 0 Å². The van der Waals surface area contributed by atoms with E-state index in [1.54, 1.807) is 35.2 Å². The quantitative estimate of drug-likeness (QED) is 0.628. The van der Waals surface area contributed by atoms with Gasteiger partial charge in [-0.15, -0.1) is 0 Å². The molecular weight excluding hydrogens is 326 g/mol. The Morgan fingerprint density at radius 3 is 2.32 bits per heavy atom. The fourth-order valence-electron chi connectivity index (χ4n) is 2.77. The molecule has 0 spiro atoms. The van der Waals surface area contributed by atoms with Crippen LogP contribution in [0.25, 0.3) is 0 Å². The number of carbonyl (C=O) groups is 2. The zero-order valence-corrected chi connectivity index (χ0v) is 13.5. The van der Waals surface area contributed by atoms with Crippen LogP contribution in [-0.2, 0) is 0 Å². The summed E-state index contributed by atoms with van der Waals surface area (Å²) in [4.78, 5) is 38.4. The maximum Gasteiger partial charge on any atom is 0.433 e. The van der Waals surface area contributed by atoms with Gasteiger partial charge < -0.3 is 9.32 Å². The number of nitro groups is 1. The largest absolute Gasteiger partial charge is 0.433 e. The molecule has 25 heavy (non-hydrogen) atoms. The van der Waals surface area contributed by atoms with Crippen molar-refractivity contribution in [3.63, 3.8) is 0 Å². The Balaban J connectivity index is 1.93. The van der Waals surface area contributed by atoms with Gasteiger partial charge in [-0.3, -0.25) is 14.9 Å². The van der Waals surface area contributed by atoms with Gasteiger partial charge in [-0.05, 0) is 37.5 Å². The maximum absolute atomic E-state index is 12.9. The lowest BCUT2D eigenvalue weighted by molar-refractivity contribution is -0.402. The van der Waals surface area contributed by atoms with Gasteiger partial charge in [-0.25, -0.2) is 9.69 Å². The molecule has 0 aliphatic carbocycles. The van der Waals surface area contributed by atoms with E-state index < -0.39 is 22.7 Å². The molecule has 1 saturated heterocycles. The monoisotopic (exact) mass is 343 g/mol. The Morgan fingerprint density at radius 1 is 1.04 bits per heavy atom. The first kappa shape index (κ1) is 16.7. The number of hydrogen-bond acceptors (Lipinski definition) is 5. The van der Waals surface area contributed by atoms with Crippen LogP contribution in [0.2, 0.25) is 0 Å². The van der Waals surface area contributed by atoms with E-state index in [-0.39, 0.29) is 5.76 Å². The van der Waals surface area contributed by atoms with Crippen LogP contribution in [-0.4, -0.2) is 34.9 Å². The zero-order valence-electron chi connectivity index (χ0n) is 13.5. The lowest BCUT2D eigenvalue weighted by Crippen LogP contribution is -2.48. The van der Waals surface area contributed by atoms with E-state index in [1.165, 1.54) is 6.07 Å². The van der Waals surface area contributed by atoms with Crippen molar-refractivity contribution in [3.8, 4) is 0 Å². The van der Waals surface area contributed by atoms with Gasteiger partial charge in [0, 0.05) is 13.1 Å². The summed E-state index contributed by atoms with van der Waals surface area (Å²) in [5.41, 5.74) is 0.391. The van der Waals surface area contributed by atoms with Crippen LogP contribution < -0.4 is 4.90 Å². The molecule has 0 N–H and O–H groups in total. The minimum Gasteiger partial charge on any atom is -0.395 e. The van der Waals surface area contributed by atoms with Crippen molar-refractivity contribution < 1.29 is 18.9 Å². The molecule has 3 rings (SSSR count). The van der Waals surface area contributed by atoms with Crippen molar-refractivity contribution in [2.75, 3.05) is 18.0 Å². The van der Waals surface area contributed by atoms with Gasteiger partial charge in [0.05, 0.1) is 11.8 Å². The van der Waals surface area contributed by atoms with E-state index in [9.17, 15) is 19.7 Å². The minimum absolute atomic E-state index is 0.249. The lowest BCUT2D eigenvalue weighted by Gasteiger charge is -2.31. The van der Waals surface area contributed by atoms with Crippen molar-refractivity contribution in [2.24, 2.45) is 0 Å². The summed E-state index contributed by atoms with van der Waals surface area (Å²) in [7, 11) is 0. The molecule has 0 bridgehead atoms. The Kier molecular flexibility index (Phi) is 4.78. The molecule has 2 heterocycles. The zero-order chi connectivity index (χ0) is 17.8. The number of benzene rings is 1. The Labute approximate surface area is 143 Å². The number of nitrogens with zero attached hydrogens (tertiary/aromatic N) is 3. The molecule has 2 aromatic rings. The van der Waals surface area contributed by atoms with Crippen LogP contribution in [0, 0.1) is 10.1 Å². The summed E-state index contributed by atoms with van der Waals surface area (Å²) >= 11 is 0. The number of anilines is 1. The molecule has 1 aliphatic heterocycles. The Bertz CT molecular complexity index is 781. The molecule has 0 unspecified atom stereocenters. The highest BCUT2D eigenvalue weighted by Gasteiger charge is 2.32. The SMILES string of the molecule is O=C(c1ccc([N+](=O)[O-])o1)N(C(=O)N1CCCCC1)c1ccccc1. The predicted molar refractivity (Wildman–Crippen MR) is 89.4 cm³/mol. The summed E-state index contributed by atoms with van der Waals surface area (Å²) in [5.74, 6) is -1.52. The normalized spacial score (nSPS) is 14.2. The van der Waals surface area contributed by atoms with Gasteiger partial charge in [0.1, 0.15) is 4.92 Å². The molecule has 130 valence electrons. The van der Waals surface area contributed by atoms with Gasteiger partial charge in [0.25, 0.3) is 0 Å². The predicted octanol–water partition coefficient (Wildman–Crippen LogP) is 3.44. The van der Waals surface area contributed by atoms with Gasteiger partial charge in [-0.1, -0.05) is 18.2 Å². The van der Waals surface area contributed by atoms with E-state index in [0.717, 1.165) is 30.2 Å². The Hall–Kier alpha value is -3.16. The van der Waals surface area contributed by atoms with Crippen LogP contribution in [0.4, 0.5) is 16.4 Å². The summed E-state index contributed by atoms with van der Waals surface area (Å²) in [6, 6.07) is 10.3. The van der Waals surface area contributed by atoms with Crippen LogP contribution in [0.5, 0.6) is 0 Å². The van der Waals surface area contributed by atoms with Crippen molar-refractivity contribution >= 4 is 23.5 Å². The number of hydrogen-bond donors (Lipinski definition) is 0. The molecule has 8 heteroatoms. The molecule has 0 radical (unpaired) electrons. The molecule has 3 amide bonds. The number of carbonyl (C=O) groups excluding carboxylic acids is 2. The average molecular weight is 343 g/mol. The van der Waals surface area contributed by atoms with E-state index >= 15 is 0 Å². The summed E-state index contributed by atoms with van der Waals surface area (Å²) in [6.45, 7) is 1.15. The molecule has 1 aliphatic rings. The standard InChI is InChI=1S/C17H17N3O5/c21-16(14-9-10-15(25-14)20(23)24)19(13-7-3-1-4-8-13)17(22)18-11-5-2-6-12-18/h1,3-4,7-10H,2,5-6,11-12H2. The smallest absolute Gasteiger partial charge is 0.395 e. The molecule has 8 nitrogen and oxygen atoms in total. The topological polar surface area (TPSA) is 96.9 Å². The number of urea groups is 1. The second-order valence-electron chi connectivity index (χ2n) is 5.70. The number of para-hydroxylation sites is 1. The van der Waals surface area contributed by atoms with E-state index in [2.05, 4.69) is 0 Å². The highest BCUT2D eigenvalue weighted by Crippen LogP contribution is 2.23. The summed E-state index contributed by atoms with van der Waals surface area (Å²) < 4.78 is 4.99. The third-order valence-corrected chi connectivity index (χ3v) is 4.02. The van der Waals surface area contributed by atoms with Crippen LogP contribution in [0.3, 0.4) is 0 Å².